The van der Waals surface area contributed by atoms with E-state index < -0.39 is 0 Å². The molecule has 0 amide bonds. The number of rotatable bonds is 9. The van der Waals surface area contributed by atoms with Crippen LogP contribution in [-0.2, 0) is 4.74 Å². The van der Waals surface area contributed by atoms with E-state index in [1.807, 2.05) is 11.3 Å². The Balaban J connectivity index is 2.42. The second kappa shape index (κ2) is 8.67. The van der Waals surface area contributed by atoms with Crippen LogP contribution in [0.25, 0.3) is 0 Å². The molecule has 0 saturated heterocycles. The SMILES string of the molecule is CCCNC(CCOCCC)c1ccc(C)s1. The Labute approximate surface area is 109 Å². The molecule has 0 aliphatic carbocycles. The molecule has 0 bridgehead atoms. The molecule has 0 aliphatic heterocycles. The first-order valence-electron chi connectivity index (χ1n) is 6.65. The Kier molecular flexibility index (Phi) is 7.49. The van der Waals surface area contributed by atoms with Crippen molar-refractivity contribution >= 4 is 11.3 Å². The molecule has 1 heterocycles. The van der Waals surface area contributed by atoms with E-state index in [0.29, 0.717) is 6.04 Å². The molecule has 0 saturated carbocycles. The molecule has 1 N–H and O–H groups in total. The standard InChI is InChI=1S/C14H25NOS/c1-4-9-15-13(8-11-16-10-5-2)14-7-6-12(3)17-14/h6-7,13,15H,4-5,8-11H2,1-3H3. The Morgan fingerprint density at radius 2 is 2.06 bits per heavy atom. The first kappa shape index (κ1) is 14.7. The van der Waals surface area contributed by atoms with E-state index in [-0.39, 0.29) is 0 Å². The summed E-state index contributed by atoms with van der Waals surface area (Å²) in [5, 5.41) is 3.61. The highest BCUT2D eigenvalue weighted by Crippen LogP contribution is 2.25. The Morgan fingerprint density at radius 1 is 1.24 bits per heavy atom. The van der Waals surface area contributed by atoms with Crippen LogP contribution in [-0.4, -0.2) is 19.8 Å². The third-order valence-corrected chi connectivity index (χ3v) is 3.76. The zero-order valence-corrected chi connectivity index (χ0v) is 12.1. The molecule has 1 atom stereocenters. The number of nitrogens with one attached hydrogen (secondary N) is 1. The molecule has 3 heteroatoms. The van der Waals surface area contributed by atoms with Crippen LogP contribution < -0.4 is 5.32 Å². The monoisotopic (exact) mass is 255 g/mol. The summed E-state index contributed by atoms with van der Waals surface area (Å²) >= 11 is 1.89. The van der Waals surface area contributed by atoms with Gasteiger partial charge in [-0.25, -0.2) is 0 Å². The lowest BCUT2D eigenvalue weighted by atomic mass is 10.1. The third kappa shape index (κ3) is 5.66. The van der Waals surface area contributed by atoms with Gasteiger partial charge in [-0.2, -0.15) is 0 Å². The highest BCUT2D eigenvalue weighted by molar-refractivity contribution is 7.12. The molecule has 1 aromatic rings. The van der Waals surface area contributed by atoms with Crippen molar-refractivity contribution in [3.8, 4) is 0 Å². The molecule has 0 radical (unpaired) electrons. The fourth-order valence-electron chi connectivity index (χ4n) is 1.75. The van der Waals surface area contributed by atoms with Crippen LogP contribution in [0.1, 0.15) is 48.9 Å². The summed E-state index contributed by atoms with van der Waals surface area (Å²) in [6, 6.07) is 4.91. The molecule has 98 valence electrons. The molecule has 1 rings (SSSR count). The third-order valence-electron chi connectivity index (χ3n) is 2.64. The summed E-state index contributed by atoms with van der Waals surface area (Å²) in [7, 11) is 0. The van der Waals surface area contributed by atoms with Gasteiger partial charge in [-0.15, -0.1) is 11.3 Å². The van der Waals surface area contributed by atoms with E-state index in [1.165, 1.54) is 16.2 Å². The number of thiophene rings is 1. The summed E-state index contributed by atoms with van der Waals surface area (Å²) in [6.45, 7) is 9.33. The van der Waals surface area contributed by atoms with Crippen LogP contribution in [0.5, 0.6) is 0 Å². The van der Waals surface area contributed by atoms with Gasteiger partial charge in [0.1, 0.15) is 0 Å². The maximum atomic E-state index is 5.59. The lowest BCUT2D eigenvalue weighted by Crippen LogP contribution is -2.22. The first-order chi connectivity index (χ1) is 8.27. The minimum atomic E-state index is 0.463. The van der Waals surface area contributed by atoms with Crippen LogP contribution in [0.2, 0.25) is 0 Å². The second-order valence-corrected chi connectivity index (χ2v) is 5.68. The van der Waals surface area contributed by atoms with Gasteiger partial charge >= 0.3 is 0 Å². The van der Waals surface area contributed by atoms with Crippen LogP contribution in [0, 0.1) is 6.92 Å². The number of aryl methyl sites for hydroxylation is 1. The lowest BCUT2D eigenvalue weighted by molar-refractivity contribution is 0.125. The lowest BCUT2D eigenvalue weighted by Gasteiger charge is -2.17. The molecule has 1 unspecified atom stereocenters. The summed E-state index contributed by atoms with van der Waals surface area (Å²) in [6.07, 6.45) is 3.35. The minimum absolute atomic E-state index is 0.463. The zero-order chi connectivity index (χ0) is 12.5. The first-order valence-corrected chi connectivity index (χ1v) is 7.47. The Bertz CT molecular complexity index is 298. The van der Waals surface area contributed by atoms with Gasteiger partial charge in [0.05, 0.1) is 0 Å². The van der Waals surface area contributed by atoms with E-state index in [2.05, 4.69) is 38.2 Å². The summed E-state index contributed by atoms with van der Waals surface area (Å²) < 4.78 is 5.59. The molecule has 0 spiro atoms. The summed E-state index contributed by atoms with van der Waals surface area (Å²) in [5.74, 6) is 0. The van der Waals surface area contributed by atoms with Gasteiger partial charge in [-0.3, -0.25) is 0 Å². The van der Waals surface area contributed by atoms with Crippen molar-refractivity contribution in [3.05, 3.63) is 21.9 Å². The summed E-state index contributed by atoms with van der Waals surface area (Å²) in [5.41, 5.74) is 0. The van der Waals surface area contributed by atoms with Gasteiger partial charge in [0, 0.05) is 29.0 Å². The van der Waals surface area contributed by atoms with Crippen molar-refractivity contribution in [3.63, 3.8) is 0 Å². The van der Waals surface area contributed by atoms with Crippen LogP contribution >= 0.6 is 11.3 Å². The van der Waals surface area contributed by atoms with Crippen LogP contribution in [0.4, 0.5) is 0 Å². The van der Waals surface area contributed by atoms with Crippen LogP contribution in [0.3, 0.4) is 0 Å². The van der Waals surface area contributed by atoms with Gasteiger partial charge in [-0.1, -0.05) is 13.8 Å². The zero-order valence-electron chi connectivity index (χ0n) is 11.3. The normalized spacial score (nSPS) is 12.9. The van der Waals surface area contributed by atoms with Crippen molar-refractivity contribution in [2.75, 3.05) is 19.8 Å². The van der Waals surface area contributed by atoms with Gasteiger partial charge in [0.15, 0.2) is 0 Å². The molecule has 17 heavy (non-hydrogen) atoms. The van der Waals surface area contributed by atoms with E-state index in [0.717, 1.165) is 32.6 Å². The topological polar surface area (TPSA) is 21.3 Å². The van der Waals surface area contributed by atoms with Crippen molar-refractivity contribution in [1.29, 1.82) is 0 Å². The van der Waals surface area contributed by atoms with E-state index >= 15 is 0 Å². The van der Waals surface area contributed by atoms with E-state index in [9.17, 15) is 0 Å². The van der Waals surface area contributed by atoms with Gasteiger partial charge in [-0.05, 0) is 44.9 Å². The maximum Gasteiger partial charge on any atom is 0.0484 e. The average molecular weight is 255 g/mol. The molecular formula is C14H25NOS. The molecule has 0 aromatic carbocycles. The number of ether oxygens (including phenoxy) is 1. The molecular weight excluding hydrogens is 230 g/mol. The predicted octanol–water partition coefficient (Wildman–Crippen LogP) is 3.91. The van der Waals surface area contributed by atoms with Crippen molar-refractivity contribution < 1.29 is 4.74 Å². The van der Waals surface area contributed by atoms with Crippen LogP contribution in [0.15, 0.2) is 12.1 Å². The Morgan fingerprint density at radius 3 is 2.65 bits per heavy atom. The summed E-state index contributed by atoms with van der Waals surface area (Å²) in [4.78, 5) is 2.83. The fraction of sp³-hybridized carbons (Fsp3) is 0.714. The smallest absolute Gasteiger partial charge is 0.0484 e. The average Bonchev–Trinajstić information content (AvgIpc) is 2.75. The van der Waals surface area contributed by atoms with Gasteiger partial charge < -0.3 is 10.1 Å². The quantitative estimate of drug-likeness (QED) is 0.675. The van der Waals surface area contributed by atoms with Gasteiger partial charge in [0.2, 0.25) is 0 Å². The minimum Gasteiger partial charge on any atom is -0.381 e. The van der Waals surface area contributed by atoms with Gasteiger partial charge in [0.25, 0.3) is 0 Å². The van der Waals surface area contributed by atoms with E-state index in [4.69, 9.17) is 4.74 Å². The fourth-order valence-corrected chi connectivity index (χ4v) is 2.74. The highest BCUT2D eigenvalue weighted by atomic mass is 32.1. The maximum absolute atomic E-state index is 5.59. The van der Waals surface area contributed by atoms with Crippen molar-refractivity contribution in [2.24, 2.45) is 0 Å². The molecule has 2 nitrogen and oxygen atoms in total. The Hall–Kier alpha value is -0.380. The largest absolute Gasteiger partial charge is 0.381 e. The predicted molar refractivity (Wildman–Crippen MR) is 75.8 cm³/mol. The van der Waals surface area contributed by atoms with Crippen molar-refractivity contribution in [1.82, 2.24) is 5.32 Å². The molecule has 1 aromatic heterocycles. The van der Waals surface area contributed by atoms with Crippen molar-refractivity contribution in [2.45, 2.75) is 46.1 Å². The van der Waals surface area contributed by atoms with E-state index in [1.54, 1.807) is 0 Å². The number of hydrogen-bond donors (Lipinski definition) is 1. The number of hydrogen-bond acceptors (Lipinski definition) is 3. The highest BCUT2D eigenvalue weighted by Gasteiger charge is 2.12. The molecule has 0 aliphatic rings. The second-order valence-electron chi connectivity index (χ2n) is 4.36. The molecule has 0 fully saturated rings.